The maximum atomic E-state index is 8.88. The molecule has 0 bridgehead atoms. The maximum Gasteiger partial charge on any atom is 0.222 e. The third-order valence-electron chi connectivity index (χ3n) is 12.0. The van der Waals surface area contributed by atoms with Gasteiger partial charge in [-0.05, 0) is 54.5 Å². The first-order valence-electron chi connectivity index (χ1n) is 20.5. The minimum Gasteiger partial charge on any atom is -0.480 e. The Hall–Kier alpha value is -5.11. The fourth-order valence-corrected chi connectivity index (χ4v) is 10.4. The van der Waals surface area contributed by atoms with Crippen LogP contribution in [0, 0.1) is 11.8 Å². The topological polar surface area (TPSA) is 204 Å². The van der Waals surface area contributed by atoms with Crippen LogP contribution in [0.1, 0.15) is 63.8 Å². The van der Waals surface area contributed by atoms with E-state index in [1.165, 1.54) is 11.3 Å². The van der Waals surface area contributed by atoms with Gasteiger partial charge in [0.15, 0.2) is 0 Å². The Kier molecular flexibility index (Phi) is 11.2. The number of fused-ring (bicyclic) bond motifs is 4. The molecule has 0 unspecified atom stereocenters. The minimum absolute atomic E-state index is 0.0248. The highest BCUT2D eigenvalue weighted by molar-refractivity contribution is 7.20. The molecule has 4 aliphatic heterocycles. The Bertz CT molecular complexity index is 2530. The summed E-state index contributed by atoms with van der Waals surface area (Å²) in [6.45, 7) is 13.0. The summed E-state index contributed by atoms with van der Waals surface area (Å²) in [5.74, 6) is 2.37. The van der Waals surface area contributed by atoms with E-state index < -0.39 is 0 Å². The van der Waals surface area contributed by atoms with Gasteiger partial charge < -0.3 is 34.5 Å². The summed E-state index contributed by atoms with van der Waals surface area (Å²) in [6.07, 6.45) is 5.60. The number of nitrogens with zero attached hydrogens (tertiary/aromatic N) is 13. The number of rotatable bonds is 9. The molecule has 20 heteroatoms. The van der Waals surface area contributed by atoms with Crippen molar-refractivity contribution >= 4 is 42.9 Å². The Morgan fingerprint density at radius 1 is 0.750 bits per heavy atom. The highest BCUT2D eigenvalue weighted by Crippen LogP contribution is 2.39. The Labute approximate surface area is 355 Å². The Morgan fingerprint density at radius 2 is 1.25 bits per heavy atom. The molecule has 0 saturated carbocycles. The number of hydrogen-bond acceptors (Lipinski definition) is 16. The smallest absolute Gasteiger partial charge is 0.222 e. The summed E-state index contributed by atoms with van der Waals surface area (Å²) in [5, 5.41) is 15.5. The molecule has 0 radical (unpaired) electrons. The zero-order valence-corrected chi connectivity index (χ0v) is 36.2. The van der Waals surface area contributed by atoms with Crippen LogP contribution in [0.3, 0.4) is 0 Å². The number of nitrogens with two attached hydrogens (primary N) is 1. The van der Waals surface area contributed by atoms with Gasteiger partial charge in [0.2, 0.25) is 31.9 Å². The lowest BCUT2D eigenvalue weighted by atomic mass is 9.92. The molecule has 10 heterocycles. The third kappa shape index (κ3) is 7.49. The molecule has 6 aromatic heterocycles. The van der Waals surface area contributed by atoms with Crippen molar-refractivity contribution in [2.45, 2.75) is 76.7 Å². The van der Waals surface area contributed by atoms with Crippen LogP contribution in [0.15, 0.2) is 41.8 Å². The van der Waals surface area contributed by atoms with E-state index in [9.17, 15) is 0 Å². The van der Waals surface area contributed by atoms with E-state index in [0.717, 1.165) is 99.7 Å². The molecule has 6 atom stereocenters. The highest BCUT2D eigenvalue weighted by atomic mass is 32.1. The number of methoxy groups -OCH3 is 2. The van der Waals surface area contributed by atoms with E-state index in [0.29, 0.717) is 36.1 Å². The highest BCUT2D eigenvalue weighted by Gasteiger charge is 2.43. The first-order chi connectivity index (χ1) is 29.1. The van der Waals surface area contributed by atoms with Crippen molar-refractivity contribution in [3.63, 3.8) is 0 Å². The third-order valence-corrected chi connectivity index (χ3v) is 13.9. The molecule has 18 nitrogen and oxygen atoms in total. The van der Waals surface area contributed by atoms with Crippen LogP contribution >= 0.6 is 22.7 Å². The molecule has 0 amide bonds. The number of imidazole rings is 2. The number of ether oxygens (including phenoxy) is 4. The second-order valence-corrected chi connectivity index (χ2v) is 18.2. The summed E-state index contributed by atoms with van der Waals surface area (Å²) < 4.78 is 26.8. The lowest BCUT2D eigenvalue weighted by molar-refractivity contribution is -0.00913. The van der Waals surface area contributed by atoms with Gasteiger partial charge in [0, 0.05) is 79.6 Å². The quantitative estimate of drug-likeness (QED) is 0.0948. The van der Waals surface area contributed by atoms with Crippen LogP contribution in [0.25, 0.3) is 42.9 Å². The van der Waals surface area contributed by atoms with Gasteiger partial charge in [0.25, 0.3) is 0 Å². The molecular formula is C40H50N14O4S2. The molecule has 0 spiro atoms. The molecule has 10 rings (SSSR count). The zero-order valence-electron chi connectivity index (χ0n) is 34.6. The van der Waals surface area contributed by atoms with E-state index in [2.05, 4.69) is 67.5 Å². The molecule has 60 heavy (non-hydrogen) atoms. The summed E-state index contributed by atoms with van der Waals surface area (Å²) in [7, 11) is 3.28. The summed E-state index contributed by atoms with van der Waals surface area (Å²) >= 11 is 3.13. The number of aromatic nitrogens is 8. The first kappa shape index (κ1) is 40.3. The predicted octanol–water partition coefficient (Wildman–Crippen LogP) is 6.43. The minimum atomic E-state index is -0.0248. The average Bonchev–Trinajstić information content (AvgIpc) is 4.10. The number of pyridine rings is 2. The van der Waals surface area contributed by atoms with Gasteiger partial charge in [-0.2, -0.15) is 0 Å². The van der Waals surface area contributed by atoms with Crippen molar-refractivity contribution in [2.24, 2.45) is 22.7 Å². The fraction of sp³-hybridized carbons (Fsp3) is 0.550. The molecule has 2 N–H and O–H groups in total. The monoisotopic (exact) mass is 854 g/mol. The van der Waals surface area contributed by atoms with E-state index in [4.69, 9.17) is 40.4 Å². The van der Waals surface area contributed by atoms with Crippen LogP contribution in [0.2, 0.25) is 0 Å². The Balaban J connectivity index is 0.000000154. The van der Waals surface area contributed by atoms with Gasteiger partial charge in [-0.1, -0.05) is 55.5 Å². The van der Waals surface area contributed by atoms with E-state index in [1.54, 1.807) is 25.6 Å². The second-order valence-electron chi connectivity index (χ2n) is 16.3. The van der Waals surface area contributed by atoms with Gasteiger partial charge in [-0.25, -0.2) is 29.0 Å². The van der Waals surface area contributed by atoms with Crippen molar-refractivity contribution < 1.29 is 18.9 Å². The molecule has 316 valence electrons. The zero-order chi connectivity index (χ0) is 41.7. The van der Waals surface area contributed by atoms with Gasteiger partial charge in [-0.3, -0.25) is 0 Å². The van der Waals surface area contributed by atoms with Crippen molar-refractivity contribution in [2.75, 3.05) is 63.4 Å². The average molecular weight is 855 g/mol. The molecule has 0 aromatic carbocycles. The van der Waals surface area contributed by atoms with Crippen molar-refractivity contribution in [1.82, 2.24) is 39.2 Å². The molecule has 4 aliphatic rings. The molecule has 4 fully saturated rings. The second kappa shape index (κ2) is 16.7. The first-order valence-corrected chi connectivity index (χ1v) is 22.1. The van der Waals surface area contributed by atoms with Crippen molar-refractivity contribution in [3.05, 3.63) is 58.5 Å². The molecular weight excluding hydrogens is 805 g/mol. The number of anilines is 2. The van der Waals surface area contributed by atoms with Gasteiger partial charge >= 0.3 is 0 Å². The largest absolute Gasteiger partial charge is 0.480 e. The van der Waals surface area contributed by atoms with E-state index >= 15 is 0 Å². The van der Waals surface area contributed by atoms with Gasteiger partial charge in [0.05, 0.1) is 61.3 Å². The van der Waals surface area contributed by atoms with Gasteiger partial charge in [-0.15, -0.1) is 10.2 Å². The SMILES string of the molecule is COc1nc(C(C)C)ccc1-c1cnc2sc(N3C[C@H]4[C@H](N)CCO[C@@H]4C3)nn12.COc1nc(C(C)C)ccc1-c1cnc2sc(N3C[C@H]4[C@H](N=[N+]=[N-])CCO[C@@H]4C3)nn12. The number of hydrogen-bond donors (Lipinski definition) is 1. The van der Waals surface area contributed by atoms with Crippen LogP contribution in [0.5, 0.6) is 11.8 Å². The van der Waals surface area contributed by atoms with Crippen LogP contribution in [-0.4, -0.2) is 117 Å². The van der Waals surface area contributed by atoms with Crippen molar-refractivity contribution in [1.29, 1.82) is 0 Å². The van der Waals surface area contributed by atoms with Crippen LogP contribution in [-0.2, 0) is 9.47 Å². The standard InChI is InChI=1S/C20H24N8O2S.C20H26N6O2S/c1-11(2)14-5-4-12(18(23-14)29-3)16-8-22-19-28(16)25-20(31-19)27-9-13-15(24-26-21)6-7-30-17(13)10-27;1-11(2)15-5-4-12(18(23-15)27-3)16-8-22-19-26(16)24-20(29-19)25-9-13-14(21)6-7-28-17(13)10-25/h4-5,8,11,13,15,17H,6-7,9-10H2,1-3H3;4-5,8,11,13-14,17H,6-7,9-10,21H2,1-3H3/t13-,15+,17+;13-,14+,17+/m00/s1. The lowest BCUT2D eigenvalue weighted by Gasteiger charge is -2.29. The Morgan fingerprint density at radius 3 is 1.73 bits per heavy atom. The van der Waals surface area contributed by atoms with Crippen LogP contribution < -0.4 is 25.0 Å². The van der Waals surface area contributed by atoms with Crippen LogP contribution in [0.4, 0.5) is 10.3 Å². The molecule has 6 aromatic rings. The predicted molar refractivity (Wildman–Crippen MR) is 231 cm³/mol. The van der Waals surface area contributed by atoms with Gasteiger partial charge in [0.1, 0.15) is 0 Å². The summed E-state index contributed by atoms with van der Waals surface area (Å²) in [4.78, 5) is 27.6. The summed E-state index contributed by atoms with van der Waals surface area (Å²) in [6, 6.07) is 8.30. The number of azide groups is 1. The van der Waals surface area contributed by atoms with E-state index in [-0.39, 0.29) is 30.2 Å². The molecule has 4 saturated heterocycles. The summed E-state index contributed by atoms with van der Waals surface area (Å²) in [5.41, 5.74) is 20.7. The van der Waals surface area contributed by atoms with Crippen molar-refractivity contribution in [3.8, 4) is 34.3 Å². The normalized spacial score (nSPS) is 23.8. The molecule has 0 aliphatic carbocycles. The maximum absolute atomic E-state index is 8.88. The lowest BCUT2D eigenvalue weighted by Crippen LogP contribution is -2.43. The fourth-order valence-electron chi connectivity index (χ4n) is 8.62. The van der Waals surface area contributed by atoms with E-state index in [1.807, 2.05) is 45.7 Å².